The fourth-order valence-corrected chi connectivity index (χ4v) is 2.99. The summed E-state index contributed by atoms with van der Waals surface area (Å²) < 4.78 is 40.0. The summed E-state index contributed by atoms with van der Waals surface area (Å²) in [6.07, 6.45) is -4.39. The molecule has 0 bridgehead atoms. The van der Waals surface area contributed by atoms with Gasteiger partial charge in [-0.3, -0.25) is 4.79 Å². The molecular weight excluding hydrogens is 395 g/mol. The van der Waals surface area contributed by atoms with Crippen LogP contribution in [-0.2, 0) is 6.18 Å². The van der Waals surface area contributed by atoms with E-state index >= 15 is 0 Å². The zero-order valence-corrected chi connectivity index (χ0v) is 15.7. The van der Waals surface area contributed by atoms with E-state index in [1.807, 2.05) is 0 Å². The first-order chi connectivity index (χ1) is 14.3. The fourth-order valence-electron chi connectivity index (χ4n) is 2.99. The SMILES string of the molecule is CNC(=O)c1ccc(Nc2nc3cccc(-c4ccc(C(F)(F)F)cc4)n3n2)cc1. The van der Waals surface area contributed by atoms with Crippen molar-refractivity contribution in [2.24, 2.45) is 0 Å². The molecule has 4 rings (SSSR count). The van der Waals surface area contributed by atoms with Crippen molar-refractivity contribution in [3.63, 3.8) is 0 Å². The van der Waals surface area contributed by atoms with Crippen LogP contribution < -0.4 is 10.6 Å². The van der Waals surface area contributed by atoms with Gasteiger partial charge in [-0.05, 0) is 48.5 Å². The van der Waals surface area contributed by atoms with Crippen LogP contribution >= 0.6 is 0 Å². The quantitative estimate of drug-likeness (QED) is 0.518. The van der Waals surface area contributed by atoms with Gasteiger partial charge in [-0.15, -0.1) is 5.10 Å². The Labute approximate surface area is 169 Å². The number of fused-ring (bicyclic) bond motifs is 1. The molecule has 1 amide bonds. The second-order valence-corrected chi connectivity index (χ2v) is 6.47. The monoisotopic (exact) mass is 411 g/mol. The number of halogens is 3. The van der Waals surface area contributed by atoms with Gasteiger partial charge < -0.3 is 10.6 Å². The molecule has 2 aromatic heterocycles. The lowest BCUT2D eigenvalue weighted by Gasteiger charge is -2.08. The smallest absolute Gasteiger partial charge is 0.355 e. The molecule has 0 aliphatic rings. The number of hydrogen-bond donors (Lipinski definition) is 2. The first-order valence-electron chi connectivity index (χ1n) is 8.98. The van der Waals surface area contributed by atoms with Crippen molar-refractivity contribution in [2.75, 3.05) is 12.4 Å². The van der Waals surface area contributed by atoms with Gasteiger partial charge in [0.2, 0.25) is 5.95 Å². The van der Waals surface area contributed by atoms with Crippen molar-refractivity contribution in [1.82, 2.24) is 19.9 Å². The molecule has 0 aliphatic heterocycles. The molecule has 0 saturated heterocycles. The lowest BCUT2D eigenvalue weighted by molar-refractivity contribution is -0.137. The number of carbonyl (C=O) groups excluding carboxylic acids is 1. The van der Waals surface area contributed by atoms with Crippen LogP contribution in [0.15, 0.2) is 66.7 Å². The summed E-state index contributed by atoms with van der Waals surface area (Å²) in [6.45, 7) is 0. The highest BCUT2D eigenvalue weighted by molar-refractivity contribution is 5.94. The molecule has 2 N–H and O–H groups in total. The van der Waals surface area contributed by atoms with Gasteiger partial charge >= 0.3 is 6.18 Å². The maximum Gasteiger partial charge on any atom is 0.416 e. The Morgan fingerprint density at radius 1 is 0.967 bits per heavy atom. The summed E-state index contributed by atoms with van der Waals surface area (Å²) >= 11 is 0. The summed E-state index contributed by atoms with van der Waals surface area (Å²) in [6, 6.07) is 17.0. The molecule has 0 saturated carbocycles. The molecule has 0 spiro atoms. The number of amides is 1. The van der Waals surface area contributed by atoms with E-state index in [9.17, 15) is 18.0 Å². The van der Waals surface area contributed by atoms with Crippen LogP contribution in [0.25, 0.3) is 16.9 Å². The third-order valence-corrected chi connectivity index (χ3v) is 4.50. The highest BCUT2D eigenvalue weighted by Crippen LogP contribution is 2.31. The summed E-state index contributed by atoms with van der Waals surface area (Å²) in [5, 5.41) is 10.0. The number of nitrogens with zero attached hydrogens (tertiary/aromatic N) is 3. The molecular formula is C21H16F3N5O. The van der Waals surface area contributed by atoms with Gasteiger partial charge in [0.15, 0.2) is 5.65 Å². The van der Waals surface area contributed by atoms with E-state index in [4.69, 9.17) is 0 Å². The highest BCUT2D eigenvalue weighted by Gasteiger charge is 2.30. The molecule has 2 heterocycles. The minimum atomic E-state index is -4.39. The van der Waals surface area contributed by atoms with E-state index in [0.29, 0.717) is 34.1 Å². The molecule has 2 aromatic carbocycles. The number of rotatable bonds is 4. The van der Waals surface area contributed by atoms with Crippen molar-refractivity contribution >= 4 is 23.2 Å². The van der Waals surface area contributed by atoms with Gasteiger partial charge in [-0.25, -0.2) is 4.52 Å². The first kappa shape index (κ1) is 19.4. The van der Waals surface area contributed by atoms with E-state index in [0.717, 1.165) is 12.1 Å². The van der Waals surface area contributed by atoms with Crippen LogP contribution in [0.3, 0.4) is 0 Å². The Morgan fingerprint density at radius 2 is 1.67 bits per heavy atom. The number of aromatic nitrogens is 3. The number of hydrogen-bond acceptors (Lipinski definition) is 4. The van der Waals surface area contributed by atoms with E-state index in [-0.39, 0.29) is 5.91 Å². The zero-order valence-electron chi connectivity index (χ0n) is 15.7. The Morgan fingerprint density at radius 3 is 2.30 bits per heavy atom. The van der Waals surface area contributed by atoms with Gasteiger partial charge in [0.25, 0.3) is 5.91 Å². The zero-order chi connectivity index (χ0) is 21.3. The molecule has 0 unspecified atom stereocenters. The Hall–Kier alpha value is -3.88. The number of pyridine rings is 1. The first-order valence-corrected chi connectivity index (χ1v) is 8.98. The molecule has 6 nitrogen and oxygen atoms in total. The van der Waals surface area contributed by atoms with Crippen LogP contribution in [0.5, 0.6) is 0 Å². The summed E-state index contributed by atoms with van der Waals surface area (Å²) in [5.74, 6) is 0.135. The summed E-state index contributed by atoms with van der Waals surface area (Å²) in [4.78, 5) is 16.0. The van der Waals surface area contributed by atoms with Crippen molar-refractivity contribution < 1.29 is 18.0 Å². The third-order valence-electron chi connectivity index (χ3n) is 4.50. The normalized spacial score (nSPS) is 11.5. The van der Waals surface area contributed by atoms with E-state index in [1.54, 1.807) is 54.0 Å². The van der Waals surface area contributed by atoms with Gasteiger partial charge in [0.05, 0.1) is 11.3 Å². The standard InChI is InChI=1S/C21H16F3N5O/c1-25-19(30)14-7-11-16(12-8-14)26-20-27-18-4-2-3-17(29(18)28-20)13-5-9-15(10-6-13)21(22,23)24/h2-12H,1H3,(H,25,30)(H,26,28). The van der Waals surface area contributed by atoms with Crippen molar-refractivity contribution in [3.05, 3.63) is 77.9 Å². The predicted molar refractivity (Wildman–Crippen MR) is 107 cm³/mol. The molecule has 4 aromatic rings. The van der Waals surface area contributed by atoms with E-state index in [1.165, 1.54) is 12.1 Å². The minimum Gasteiger partial charge on any atom is -0.355 e. The van der Waals surface area contributed by atoms with Crippen LogP contribution in [0.1, 0.15) is 15.9 Å². The maximum atomic E-state index is 12.8. The fraction of sp³-hybridized carbons (Fsp3) is 0.0952. The van der Waals surface area contributed by atoms with Crippen LogP contribution in [0.2, 0.25) is 0 Å². The van der Waals surface area contributed by atoms with Gasteiger partial charge in [-0.1, -0.05) is 18.2 Å². The largest absolute Gasteiger partial charge is 0.416 e. The van der Waals surface area contributed by atoms with Crippen LogP contribution in [0, 0.1) is 0 Å². The van der Waals surface area contributed by atoms with Gasteiger partial charge in [0, 0.05) is 23.9 Å². The third kappa shape index (κ3) is 3.82. The van der Waals surface area contributed by atoms with Crippen molar-refractivity contribution in [3.8, 4) is 11.3 Å². The topological polar surface area (TPSA) is 71.3 Å². The predicted octanol–water partition coefficient (Wildman–Crippen LogP) is 4.52. The molecule has 0 aliphatic carbocycles. The molecule has 0 atom stereocenters. The van der Waals surface area contributed by atoms with Crippen molar-refractivity contribution in [2.45, 2.75) is 6.18 Å². The van der Waals surface area contributed by atoms with Gasteiger partial charge in [-0.2, -0.15) is 18.2 Å². The summed E-state index contributed by atoms with van der Waals surface area (Å²) in [7, 11) is 1.56. The second-order valence-electron chi connectivity index (χ2n) is 6.47. The second kappa shape index (κ2) is 7.51. The average molecular weight is 411 g/mol. The molecule has 30 heavy (non-hydrogen) atoms. The van der Waals surface area contributed by atoms with Crippen molar-refractivity contribution in [1.29, 1.82) is 0 Å². The number of alkyl halides is 3. The summed E-state index contributed by atoms with van der Waals surface area (Å²) in [5.41, 5.74) is 2.23. The Balaban J connectivity index is 1.63. The highest BCUT2D eigenvalue weighted by atomic mass is 19.4. The van der Waals surface area contributed by atoms with Crippen LogP contribution in [0.4, 0.5) is 24.8 Å². The average Bonchev–Trinajstić information content (AvgIpc) is 3.15. The minimum absolute atomic E-state index is 0.186. The van der Waals surface area contributed by atoms with E-state index < -0.39 is 11.7 Å². The maximum absolute atomic E-state index is 12.8. The Kier molecular flexibility index (Phi) is 4.86. The molecule has 152 valence electrons. The Bertz CT molecular complexity index is 1200. The van der Waals surface area contributed by atoms with E-state index in [2.05, 4.69) is 20.7 Å². The number of nitrogens with one attached hydrogen (secondary N) is 2. The van der Waals surface area contributed by atoms with Crippen LogP contribution in [-0.4, -0.2) is 27.6 Å². The van der Waals surface area contributed by atoms with Gasteiger partial charge in [0.1, 0.15) is 0 Å². The lowest BCUT2D eigenvalue weighted by atomic mass is 10.1. The lowest BCUT2D eigenvalue weighted by Crippen LogP contribution is -2.17. The number of anilines is 2. The number of carbonyl (C=O) groups is 1. The molecule has 0 fully saturated rings. The molecule has 0 radical (unpaired) electrons. The molecule has 9 heteroatoms. The number of benzene rings is 2.